The highest BCUT2D eigenvalue weighted by atomic mass is 16.3. The van der Waals surface area contributed by atoms with E-state index in [1.807, 2.05) is 62.5 Å². The van der Waals surface area contributed by atoms with Crippen molar-refractivity contribution in [1.29, 1.82) is 0 Å². The number of carbonyl (C=O) groups is 1. The molecule has 0 radical (unpaired) electrons. The van der Waals surface area contributed by atoms with Crippen LogP contribution >= 0.6 is 0 Å². The van der Waals surface area contributed by atoms with Gasteiger partial charge in [0.15, 0.2) is 0 Å². The lowest BCUT2D eigenvalue weighted by Gasteiger charge is -2.32. The zero-order valence-electron chi connectivity index (χ0n) is 16.2. The van der Waals surface area contributed by atoms with Crippen molar-refractivity contribution in [2.45, 2.75) is 45.0 Å². The normalized spacial score (nSPS) is 14.7. The molecule has 140 valence electrons. The molecule has 3 atom stereocenters. The summed E-state index contributed by atoms with van der Waals surface area (Å²) in [5.41, 5.74) is 2.06. The molecule has 1 N–H and O–H groups in total. The maximum Gasteiger partial charge on any atom is 0.224 e. The molecule has 26 heavy (non-hydrogen) atoms. The van der Waals surface area contributed by atoms with Gasteiger partial charge in [-0.2, -0.15) is 0 Å². The Kier molecular flexibility index (Phi) is 7.37. The molecule has 1 amide bonds. The molecule has 4 heteroatoms. The standard InChI is InChI=1S/C22H30N2O2/c1-17(23(3)16-19-11-7-5-8-12-19)15-21(25)24(4)18(2)22(26)20-13-9-6-10-14-20/h5-14,17-18,22,26H,15-16H2,1-4H3/t17-,18+,22-/m1/s1. The van der Waals surface area contributed by atoms with Crippen molar-refractivity contribution in [3.8, 4) is 0 Å². The fraction of sp³-hybridized carbons (Fsp3) is 0.409. The number of likely N-dealkylation sites (N-methyl/N-ethyl adjacent to an activating group) is 1. The molecule has 4 nitrogen and oxygen atoms in total. The molecule has 0 fully saturated rings. The largest absolute Gasteiger partial charge is 0.386 e. The first-order chi connectivity index (χ1) is 12.4. The predicted octanol–water partition coefficient (Wildman–Crippen LogP) is 3.48. The monoisotopic (exact) mass is 354 g/mol. The Bertz CT molecular complexity index is 675. The third kappa shape index (κ3) is 5.41. The lowest BCUT2D eigenvalue weighted by Crippen LogP contribution is -2.42. The fourth-order valence-corrected chi connectivity index (χ4v) is 2.95. The third-order valence-corrected chi connectivity index (χ3v) is 5.10. The van der Waals surface area contributed by atoms with Crippen LogP contribution in [-0.4, -0.2) is 47.0 Å². The van der Waals surface area contributed by atoms with Crippen molar-refractivity contribution >= 4 is 5.91 Å². The molecule has 0 aliphatic heterocycles. The highest BCUT2D eigenvalue weighted by Gasteiger charge is 2.25. The quantitative estimate of drug-likeness (QED) is 0.789. The topological polar surface area (TPSA) is 43.8 Å². The van der Waals surface area contributed by atoms with Gasteiger partial charge in [-0.05, 0) is 32.0 Å². The van der Waals surface area contributed by atoms with E-state index in [4.69, 9.17) is 0 Å². The molecular weight excluding hydrogens is 324 g/mol. The third-order valence-electron chi connectivity index (χ3n) is 5.10. The van der Waals surface area contributed by atoms with Crippen molar-refractivity contribution in [2.24, 2.45) is 0 Å². The SMILES string of the molecule is C[C@H](CC(=O)N(C)[C@@H](C)[C@@H](O)c1ccccc1)N(C)Cc1ccccc1. The number of nitrogens with zero attached hydrogens (tertiary/aromatic N) is 2. The second kappa shape index (κ2) is 9.51. The van der Waals surface area contributed by atoms with Crippen molar-refractivity contribution < 1.29 is 9.90 Å². The van der Waals surface area contributed by atoms with E-state index in [1.54, 1.807) is 11.9 Å². The summed E-state index contributed by atoms with van der Waals surface area (Å²) < 4.78 is 0. The second-order valence-electron chi connectivity index (χ2n) is 7.05. The maximum atomic E-state index is 12.7. The first-order valence-electron chi connectivity index (χ1n) is 9.13. The van der Waals surface area contributed by atoms with Crippen LogP contribution < -0.4 is 0 Å². The van der Waals surface area contributed by atoms with Gasteiger partial charge in [0.25, 0.3) is 0 Å². The Balaban J connectivity index is 1.90. The smallest absolute Gasteiger partial charge is 0.224 e. The van der Waals surface area contributed by atoms with E-state index in [-0.39, 0.29) is 18.0 Å². The number of amides is 1. The van der Waals surface area contributed by atoms with Crippen LogP contribution in [0.3, 0.4) is 0 Å². The summed E-state index contributed by atoms with van der Waals surface area (Å²) in [4.78, 5) is 16.5. The summed E-state index contributed by atoms with van der Waals surface area (Å²) in [5, 5.41) is 10.5. The van der Waals surface area contributed by atoms with E-state index in [1.165, 1.54) is 5.56 Å². The Hall–Kier alpha value is -2.17. The zero-order chi connectivity index (χ0) is 19.1. The molecular formula is C22H30N2O2. The van der Waals surface area contributed by atoms with E-state index in [2.05, 4.69) is 24.0 Å². The van der Waals surface area contributed by atoms with Gasteiger partial charge < -0.3 is 10.0 Å². The van der Waals surface area contributed by atoms with Crippen molar-refractivity contribution in [2.75, 3.05) is 14.1 Å². The molecule has 0 unspecified atom stereocenters. The number of carbonyl (C=O) groups excluding carboxylic acids is 1. The Labute approximate surface area is 157 Å². The van der Waals surface area contributed by atoms with Crippen molar-refractivity contribution in [3.05, 3.63) is 71.8 Å². The van der Waals surface area contributed by atoms with Gasteiger partial charge in [-0.25, -0.2) is 0 Å². The minimum absolute atomic E-state index is 0.0416. The summed E-state index contributed by atoms with van der Waals surface area (Å²) in [6.45, 7) is 4.75. The predicted molar refractivity (Wildman–Crippen MR) is 106 cm³/mol. The van der Waals surface area contributed by atoms with Crippen LogP contribution in [0.5, 0.6) is 0 Å². The zero-order valence-corrected chi connectivity index (χ0v) is 16.2. The molecule has 0 heterocycles. The fourth-order valence-electron chi connectivity index (χ4n) is 2.95. The Morgan fingerprint density at radius 2 is 1.50 bits per heavy atom. The van der Waals surface area contributed by atoms with Gasteiger partial charge in [0.05, 0.1) is 12.1 Å². The molecule has 0 bridgehead atoms. The van der Waals surface area contributed by atoms with Gasteiger partial charge in [0.1, 0.15) is 0 Å². The molecule has 0 aromatic heterocycles. The van der Waals surface area contributed by atoms with Gasteiger partial charge in [0, 0.05) is 26.1 Å². The first kappa shape index (κ1) is 20.1. The Morgan fingerprint density at radius 1 is 0.962 bits per heavy atom. The minimum Gasteiger partial charge on any atom is -0.386 e. The lowest BCUT2D eigenvalue weighted by molar-refractivity contribution is -0.135. The molecule has 2 aromatic rings. The van der Waals surface area contributed by atoms with Gasteiger partial charge in [-0.3, -0.25) is 9.69 Å². The lowest BCUT2D eigenvalue weighted by atomic mass is 10.0. The first-order valence-corrected chi connectivity index (χ1v) is 9.13. The average Bonchev–Trinajstić information content (AvgIpc) is 2.67. The highest BCUT2D eigenvalue weighted by Crippen LogP contribution is 2.21. The number of benzene rings is 2. The number of rotatable bonds is 8. The number of aliphatic hydroxyl groups is 1. The summed E-state index contributed by atoms with van der Waals surface area (Å²) in [6, 6.07) is 19.6. The van der Waals surface area contributed by atoms with E-state index in [0.29, 0.717) is 6.42 Å². The van der Waals surface area contributed by atoms with Gasteiger partial charge in [0.2, 0.25) is 5.91 Å². The van der Waals surface area contributed by atoms with Gasteiger partial charge in [-0.1, -0.05) is 60.7 Å². The van der Waals surface area contributed by atoms with Crippen LogP contribution in [0, 0.1) is 0 Å². The van der Waals surface area contributed by atoms with Crippen LogP contribution in [0.4, 0.5) is 0 Å². The second-order valence-corrected chi connectivity index (χ2v) is 7.05. The maximum absolute atomic E-state index is 12.7. The molecule has 0 aliphatic rings. The van der Waals surface area contributed by atoms with Gasteiger partial charge >= 0.3 is 0 Å². The van der Waals surface area contributed by atoms with Gasteiger partial charge in [-0.15, -0.1) is 0 Å². The minimum atomic E-state index is -0.692. The van der Waals surface area contributed by atoms with E-state index in [9.17, 15) is 9.90 Å². The molecule has 0 aliphatic carbocycles. The Morgan fingerprint density at radius 3 is 2.08 bits per heavy atom. The van der Waals surface area contributed by atoms with E-state index in [0.717, 1.165) is 12.1 Å². The molecule has 0 spiro atoms. The highest BCUT2D eigenvalue weighted by molar-refractivity contribution is 5.76. The summed E-state index contributed by atoms with van der Waals surface area (Å²) in [5.74, 6) is 0.0416. The van der Waals surface area contributed by atoms with Crippen LogP contribution in [0.25, 0.3) is 0 Å². The number of hydrogen-bond donors (Lipinski definition) is 1. The molecule has 0 saturated carbocycles. The van der Waals surface area contributed by atoms with Crippen LogP contribution in [0.1, 0.15) is 37.5 Å². The van der Waals surface area contributed by atoms with Crippen molar-refractivity contribution in [3.63, 3.8) is 0 Å². The molecule has 2 rings (SSSR count). The van der Waals surface area contributed by atoms with Crippen LogP contribution in [-0.2, 0) is 11.3 Å². The molecule has 2 aromatic carbocycles. The summed E-state index contributed by atoms with van der Waals surface area (Å²) in [7, 11) is 3.80. The van der Waals surface area contributed by atoms with E-state index < -0.39 is 6.10 Å². The van der Waals surface area contributed by atoms with Crippen LogP contribution in [0.15, 0.2) is 60.7 Å². The van der Waals surface area contributed by atoms with E-state index >= 15 is 0 Å². The number of hydrogen-bond acceptors (Lipinski definition) is 3. The average molecular weight is 354 g/mol. The molecule has 0 saturated heterocycles. The van der Waals surface area contributed by atoms with Crippen molar-refractivity contribution in [1.82, 2.24) is 9.80 Å². The van der Waals surface area contributed by atoms with Crippen LogP contribution in [0.2, 0.25) is 0 Å². The summed E-state index contributed by atoms with van der Waals surface area (Å²) in [6.07, 6.45) is -0.270. The number of aliphatic hydroxyl groups excluding tert-OH is 1. The summed E-state index contributed by atoms with van der Waals surface area (Å²) >= 11 is 0.